The summed E-state index contributed by atoms with van der Waals surface area (Å²) < 4.78 is 10.4. The first-order chi connectivity index (χ1) is 7.56. The molecule has 16 heavy (non-hydrogen) atoms. The van der Waals surface area contributed by atoms with Gasteiger partial charge in [0.25, 0.3) is 0 Å². The molecule has 0 atom stereocenters. The smallest absolute Gasteiger partial charge is 0.303 e. The maximum Gasteiger partial charge on any atom is 0.303 e. The van der Waals surface area contributed by atoms with Crippen LogP contribution in [0.2, 0.25) is 0 Å². The minimum absolute atomic E-state index is 0.156. The quantitative estimate of drug-likeness (QED) is 0.622. The zero-order valence-corrected chi connectivity index (χ0v) is 9.24. The standard InChI is InChI=1S/C12H13NO3/c1-7-3-10(13)4-9-5-11(16-12(7)9)6-15-8(2)14/h3-5H,6,13H2,1-2H3. The van der Waals surface area contributed by atoms with E-state index in [4.69, 9.17) is 14.9 Å². The van der Waals surface area contributed by atoms with E-state index < -0.39 is 0 Å². The van der Waals surface area contributed by atoms with Crippen LogP contribution >= 0.6 is 0 Å². The summed E-state index contributed by atoms with van der Waals surface area (Å²) in [5, 5.41) is 0.930. The van der Waals surface area contributed by atoms with Crippen molar-refractivity contribution < 1.29 is 13.9 Å². The predicted molar refractivity (Wildman–Crippen MR) is 60.8 cm³/mol. The number of furan rings is 1. The Hall–Kier alpha value is -1.97. The number of nitrogens with two attached hydrogens (primary N) is 1. The van der Waals surface area contributed by atoms with Crippen molar-refractivity contribution in [1.82, 2.24) is 0 Å². The largest absolute Gasteiger partial charge is 0.458 e. The number of carbonyl (C=O) groups excluding carboxylic acids is 1. The Balaban J connectivity index is 2.36. The van der Waals surface area contributed by atoms with Gasteiger partial charge >= 0.3 is 5.97 Å². The van der Waals surface area contributed by atoms with Crippen LogP contribution in [0, 0.1) is 6.92 Å². The van der Waals surface area contributed by atoms with Crippen molar-refractivity contribution in [2.75, 3.05) is 5.73 Å². The van der Waals surface area contributed by atoms with Gasteiger partial charge in [0.15, 0.2) is 0 Å². The maximum absolute atomic E-state index is 10.7. The summed E-state index contributed by atoms with van der Waals surface area (Å²) in [6.07, 6.45) is 0. The van der Waals surface area contributed by atoms with E-state index in [2.05, 4.69) is 0 Å². The average Bonchev–Trinajstić information content (AvgIpc) is 2.57. The number of anilines is 1. The van der Waals surface area contributed by atoms with E-state index in [1.165, 1.54) is 6.92 Å². The fourth-order valence-electron chi connectivity index (χ4n) is 1.65. The van der Waals surface area contributed by atoms with Gasteiger partial charge in [0.2, 0.25) is 0 Å². The van der Waals surface area contributed by atoms with Crippen molar-refractivity contribution in [3.05, 3.63) is 29.5 Å². The number of rotatable bonds is 2. The lowest BCUT2D eigenvalue weighted by molar-refractivity contribution is -0.142. The second kappa shape index (κ2) is 3.89. The Morgan fingerprint density at radius 1 is 1.44 bits per heavy atom. The van der Waals surface area contributed by atoms with Gasteiger partial charge in [-0.15, -0.1) is 0 Å². The van der Waals surface area contributed by atoms with E-state index >= 15 is 0 Å². The fraction of sp³-hybridized carbons (Fsp3) is 0.250. The molecule has 84 valence electrons. The van der Waals surface area contributed by atoms with E-state index in [-0.39, 0.29) is 12.6 Å². The lowest BCUT2D eigenvalue weighted by atomic mass is 10.1. The monoisotopic (exact) mass is 219 g/mol. The molecule has 0 saturated heterocycles. The molecule has 1 heterocycles. The zero-order valence-electron chi connectivity index (χ0n) is 9.24. The van der Waals surface area contributed by atoms with Crippen LogP contribution in [0.4, 0.5) is 5.69 Å². The SMILES string of the molecule is CC(=O)OCc1cc2cc(N)cc(C)c2o1. The minimum Gasteiger partial charge on any atom is -0.458 e. The summed E-state index contributed by atoms with van der Waals surface area (Å²) in [5.74, 6) is 0.301. The van der Waals surface area contributed by atoms with E-state index in [0.29, 0.717) is 11.4 Å². The van der Waals surface area contributed by atoms with Crippen molar-refractivity contribution in [2.24, 2.45) is 0 Å². The molecule has 0 radical (unpaired) electrons. The van der Waals surface area contributed by atoms with Crippen LogP contribution < -0.4 is 5.73 Å². The Morgan fingerprint density at radius 3 is 2.88 bits per heavy atom. The fourth-order valence-corrected chi connectivity index (χ4v) is 1.65. The Kier molecular flexibility index (Phi) is 2.56. The molecule has 1 aromatic carbocycles. The molecule has 0 amide bonds. The molecule has 4 heteroatoms. The van der Waals surface area contributed by atoms with Crippen LogP contribution in [0.1, 0.15) is 18.2 Å². The minimum atomic E-state index is -0.323. The zero-order chi connectivity index (χ0) is 11.7. The molecular formula is C12H13NO3. The number of esters is 1. The maximum atomic E-state index is 10.7. The average molecular weight is 219 g/mol. The summed E-state index contributed by atoms with van der Waals surface area (Å²) in [7, 11) is 0. The molecule has 0 spiro atoms. The topological polar surface area (TPSA) is 65.5 Å². The number of hydrogen-bond acceptors (Lipinski definition) is 4. The molecule has 0 aliphatic rings. The third-order valence-corrected chi connectivity index (χ3v) is 2.29. The number of aryl methyl sites for hydroxylation is 1. The third-order valence-electron chi connectivity index (χ3n) is 2.29. The van der Waals surface area contributed by atoms with E-state index in [1.807, 2.05) is 25.1 Å². The van der Waals surface area contributed by atoms with Gasteiger partial charge in [-0.1, -0.05) is 0 Å². The van der Waals surface area contributed by atoms with Gasteiger partial charge in [-0.05, 0) is 30.7 Å². The number of ether oxygens (including phenoxy) is 1. The normalized spacial score (nSPS) is 10.6. The summed E-state index contributed by atoms with van der Waals surface area (Å²) >= 11 is 0. The first-order valence-corrected chi connectivity index (χ1v) is 4.98. The summed E-state index contributed by atoms with van der Waals surface area (Å²) in [4.78, 5) is 10.7. The third kappa shape index (κ3) is 2.00. The van der Waals surface area contributed by atoms with Gasteiger partial charge in [0, 0.05) is 18.0 Å². The highest BCUT2D eigenvalue weighted by Gasteiger charge is 2.08. The molecular weight excluding hydrogens is 206 g/mol. The molecule has 0 saturated carbocycles. The van der Waals surface area contributed by atoms with Crippen molar-refractivity contribution in [3.8, 4) is 0 Å². The molecule has 2 N–H and O–H groups in total. The summed E-state index contributed by atoms with van der Waals surface area (Å²) in [5.41, 5.74) is 8.19. The van der Waals surface area contributed by atoms with Gasteiger partial charge < -0.3 is 14.9 Å². The highest BCUT2D eigenvalue weighted by Crippen LogP contribution is 2.25. The van der Waals surface area contributed by atoms with Crippen LogP contribution in [0.3, 0.4) is 0 Å². The molecule has 2 aromatic rings. The second-order valence-corrected chi connectivity index (χ2v) is 3.75. The number of nitrogen functional groups attached to an aromatic ring is 1. The number of carbonyl (C=O) groups is 1. The molecule has 0 unspecified atom stereocenters. The van der Waals surface area contributed by atoms with Crippen LogP contribution in [-0.4, -0.2) is 5.97 Å². The Labute approximate surface area is 93.0 Å². The first-order valence-electron chi connectivity index (χ1n) is 4.98. The van der Waals surface area contributed by atoms with Crippen LogP contribution in [-0.2, 0) is 16.1 Å². The molecule has 4 nitrogen and oxygen atoms in total. The van der Waals surface area contributed by atoms with E-state index in [1.54, 1.807) is 0 Å². The van der Waals surface area contributed by atoms with Gasteiger partial charge in [-0.2, -0.15) is 0 Å². The number of fused-ring (bicyclic) bond motifs is 1. The van der Waals surface area contributed by atoms with Gasteiger partial charge in [0.1, 0.15) is 18.0 Å². The predicted octanol–water partition coefficient (Wildman–Crippen LogP) is 2.39. The van der Waals surface area contributed by atoms with Crippen molar-refractivity contribution >= 4 is 22.6 Å². The molecule has 2 rings (SSSR count). The first kappa shape index (κ1) is 10.5. The highest BCUT2D eigenvalue weighted by molar-refractivity contribution is 5.84. The lowest BCUT2D eigenvalue weighted by Crippen LogP contribution is -1.97. The summed E-state index contributed by atoms with van der Waals surface area (Å²) in [6.45, 7) is 3.45. The molecule has 0 aliphatic carbocycles. The van der Waals surface area contributed by atoms with Crippen LogP contribution in [0.15, 0.2) is 22.6 Å². The lowest BCUT2D eigenvalue weighted by Gasteiger charge is -1.97. The second-order valence-electron chi connectivity index (χ2n) is 3.75. The Morgan fingerprint density at radius 2 is 2.19 bits per heavy atom. The molecule has 0 fully saturated rings. The van der Waals surface area contributed by atoms with Crippen molar-refractivity contribution in [1.29, 1.82) is 0 Å². The Bertz CT molecular complexity index is 542. The van der Waals surface area contributed by atoms with Crippen molar-refractivity contribution in [3.63, 3.8) is 0 Å². The van der Waals surface area contributed by atoms with E-state index in [0.717, 1.165) is 16.5 Å². The van der Waals surface area contributed by atoms with Crippen LogP contribution in [0.5, 0.6) is 0 Å². The van der Waals surface area contributed by atoms with Crippen molar-refractivity contribution in [2.45, 2.75) is 20.5 Å². The van der Waals surface area contributed by atoms with Crippen LogP contribution in [0.25, 0.3) is 11.0 Å². The van der Waals surface area contributed by atoms with Gasteiger partial charge in [-0.3, -0.25) is 4.79 Å². The number of benzene rings is 1. The number of hydrogen-bond donors (Lipinski definition) is 1. The van der Waals surface area contributed by atoms with E-state index in [9.17, 15) is 4.79 Å². The summed E-state index contributed by atoms with van der Waals surface area (Å²) in [6, 6.07) is 5.52. The molecule has 0 aliphatic heterocycles. The highest BCUT2D eigenvalue weighted by atomic mass is 16.5. The molecule has 1 aromatic heterocycles. The van der Waals surface area contributed by atoms with Gasteiger partial charge in [-0.25, -0.2) is 0 Å². The van der Waals surface area contributed by atoms with Gasteiger partial charge in [0.05, 0.1) is 0 Å². The molecule has 0 bridgehead atoms.